The van der Waals surface area contributed by atoms with Crippen molar-refractivity contribution in [1.29, 1.82) is 0 Å². The summed E-state index contributed by atoms with van der Waals surface area (Å²) in [6.07, 6.45) is 2.53. The minimum absolute atomic E-state index is 0.0460. The van der Waals surface area contributed by atoms with Crippen LogP contribution in [0, 0.1) is 17.3 Å². The van der Waals surface area contributed by atoms with Crippen LogP contribution in [-0.4, -0.2) is 42.3 Å². The fourth-order valence-corrected chi connectivity index (χ4v) is 4.71. The van der Waals surface area contributed by atoms with Gasteiger partial charge < -0.3 is 15.0 Å². The normalized spacial score (nSPS) is 38.0. The molecule has 4 rings (SSSR count). The lowest BCUT2D eigenvalue weighted by molar-refractivity contribution is -0.137. The molecular formula is C16H18N2O4. The molecule has 22 heavy (non-hydrogen) atoms. The molecule has 2 aliphatic carbocycles. The molecule has 0 bridgehead atoms. The van der Waals surface area contributed by atoms with E-state index in [9.17, 15) is 14.4 Å². The summed E-state index contributed by atoms with van der Waals surface area (Å²) in [6.45, 7) is 3.97. The van der Waals surface area contributed by atoms with Gasteiger partial charge in [-0.05, 0) is 19.3 Å². The van der Waals surface area contributed by atoms with E-state index in [0.717, 1.165) is 12.1 Å². The molecule has 2 aliphatic heterocycles. The van der Waals surface area contributed by atoms with Gasteiger partial charge in [-0.1, -0.05) is 0 Å². The van der Waals surface area contributed by atoms with Crippen LogP contribution in [-0.2, 0) is 19.1 Å². The third-order valence-corrected chi connectivity index (χ3v) is 5.67. The average Bonchev–Trinajstić information content (AvgIpc) is 2.91. The summed E-state index contributed by atoms with van der Waals surface area (Å²) in [6, 6.07) is -0.408. The van der Waals surface area contributed by atoms with E-state index in [4.69, 9.17) is 4.74 Å². The topological polar surface area (TPSA) is 75.7 Å². The first-order valence-electron chi connectivity index (χ1n) is 7.51. The van der Waals surface area contributed by atoms with Gasteiger partial charge in [-0.25, -0.2) is 4.79 Å². The number of carbonyl (C=O) groups is 3. The molecule has 6 heteroatoms. The summed E-state index contributed by atoms with van der Waals surface area (Å²) in [5.41, 5.74) is 1.83. The van der Waals surface area contributed by atoms with Crippen LogP contribution < -0.4 is 5.32 Å². The molecule has 1 spiro atoms. The van der Waals surface area contributed by atoms with Crippen molar-refractivity contribution in [1.82, 2.24) is 10.2 Å². The lowest BCUT2D eigenvalue weighted by Crippen LogP contribution is -2.46. The molecule has 0 aromatic heterocycles. The monoisotopic (exact) mass is 302 g/mol. The first-order chi connectivity index (χ1) is 10.4. The quantitative estimate of drug-likeness (QED) is 0.708. The SMILES string of the molecule is COC(=O)C1=C(C)NC2C(=O)C=C3N(C(C)=O)C[C@H]4C[C@@]34C12. The van der Waals surface area contributed by atoms with Crippen LogP contribution in [0.3, 0.4) is 0 Å². The highest BCUT2D eigenvalue weighted by atomic mass is 16.5. The van der Waals surface area contributed by atoms with Gasteiger partial charge >= 0.3 is 5.97 Å². The van der Waals surface area contributed by atoms with E-state index >= 15 is 0 Å². The molecule has 0 radical (unpaired) electrons. The molecule has 2 unspecified atom stereocenters. The Morgan fingerprint density at radius 3 is 2.82 bits per heavy atom. The molecule has 1 amide bonds. The molecule has 2 fully saturated rings. The molecule has 1 N–H and O–H groups in total. The molecule has 6 nitrogen and oxygen atoms in total. The van der Waals surface area contributed by atoms with Crippen LogP contribution in [0.2, 0.25) is 0 Å². The minimum Gasteiger partial charge on any atom is -0.466 e. The molecule has 0 aromatic rings. The Hall–Kier alpha value is -2.11. The number of rotatable bonds is 1. The number of amides is 1. The van der Waals surface area contributed by atoms with Gasteiger partial charge in [-0.2, -0.15) is 0 Å². The molecular weight excluding hydrogens is 284 g/mol. The maximum absolute atomic E-state index is 12.5. The minimum atomic E-state index is -0.408. The third-order valence-electron chi connectivity index (χ3n) is 5.67. The largest absolute Gasteiger partial charge is 0.466 e. The second-order valence-corrected chi connectivity index (χ2v) is 6.63. The number of nitrogens with zero attached hydrogens (tertiary/aromatic N) is 1. The smallest absolute Gasteiger partial charge is 0.335 e. The summed E-state index contributed by atoms with van der Waals surface area (Å²) in [5.74, 6) is -0.386. The molecule has 116 valence electrons. The maximum atomic E-state index is 12.5. The van der Waals surface area contributed by atoms with Crippen molar-refractivity contribution in [3.8, 4) is 0 Å². The molecule has 0 aromatic carbocycles. The lowest BCUT2D eigenvalue weighted by atomic mass is 9.72. The highest BCUT2D eigenvalue weighted by Crippen LogP contribution is 2.71. The fraction of sp³-hybridized carbons (Fsp3) is 0.562. The van der Waals surface area contributed by atoms with E-state index in [1.165, 1.54) is 14.0 Å². The van der Waals surface area contributed by atoms with E-state index in [0.29, 0.717) is 23.7 Å². The van der Waals surface area contributed by atoms with E-state index in [1.807, 2.05) is 6.92 Å². The number of ketones is 1. The van der Waals surface area contributed by atoms with Crippen molar-refractivity contribution in [2.24, 2.45) is 17.3 Å². The van der Waals surface area contributed by atoms with E-state index in [-0.39, 0.29) is 29.0 Å². The number of likely N-dealkylation sites (tertiary alicyclic amines) is 1. The summed E-state index contributed by atoms with van der Waals surface area (Å²) in [4.78, 5) is 38.3. The highest BCUT2D eigenvalue weighted by Gasteiger charge is 2.73. The summed E-state index contributed by atoms with van der Waals surface area (Å²) in [5, 5.41) is 3.16. The zero-order valence-corrected chi connectivity index (χ0v) is 12.8. The van der Waals surface area contributed by atoms with Gasteiger partial charge in [0.15, 0.2) is 5.78 Å². The van der Waals surface area contributed by atoms with Crippen molar-refractivity contribution in [2.75, 3.05) is 13.7 Å². The van der Waals surface area contributed by atoms with Crippen molar-refractivity contribution in [3.63, 3.8) is 0 Å². The third kappa shape index (κ3) is 1.38. The number of hydrogen-bond donors (Lipinski definition) is 1. The van der Waals surface area contributed by atoms with E-state index in [1.54, 1.807) is 11.0 Å². The van der Waals surface area contributed by atoms with Crippen LogP contribution in [0.25, 0.3) is 0 Å². The second kappa shape index (κ2) is 4.00. The number of fused-ring (bicyclic) bond motifs is 1. The van der Waals surface area contributed by atoms with Gasteiger partial charge in [-0.15, -0.1) is 0 Å². The number of allylic oxidation sites excluding steroid dienone is 2. The van der Waals surface area contributed by atoms with Crippen molar-refractivity contribution in [3.05, 3.63) is 23.0 Å². The van der Waals surface area contributed by atoms with Gasteiger partial charge in [-0.3, -0.25) is 9.59 Å². The van der Waals surface area contributed by atoms with Crippen molar-refractivity contribution >= 4 is 17.7 Å². The standard InChI is InChI=1S/C16H18N2O4/c1-7-12(15(21)22-3)13-14(17-7)10(20)4-11-16(13)5-9(16)6-18(11)8(2)19/h4,9,13-14,17H,5-6H2,1-3H3/t9-,13?,14?,16+/m1/s1. The van der Waals surface area contributed by atoms with Crippen molar-refractivity contribution < 1.29 is 19.1 Å². The van der Waals surface area contributed by atoms with Crippen LogP contribution >= 0.6 is 0 Å². The zero-order chi connectivity index (χ0) is 15.8. The Bertz CT molecular complexity index is 692. The van der Waals surface area contributed by atoms with Gasteiger partial charge in [0, 0.05) is 42.3 Å². The summed E-state index contributed by atoms with van der Waals surface area (Å²) in [7, 11) is 1.36. The Kier molecular flexibility index (Phi) is 2.46. The number of hydrogen-bond acceptors (Lipinski definition) is 5. The molecule has 1 saturated heterocycles. The van der Waals surface area contributed by atoms with Crippen LogP contribution in [0.4, 0.5) is 0 Å². The summed E-state index contributed by atoms with van der Waals surface area (Å²) < 4.78 is 4.93. The maximum Gasteiger partial charge on any atom is 0.335 e. The Labute approximate surface area is 128 Å². The van der Waals surface area contributed by atoms with Gasteiger partial charge in [0.25, 0.3) is 0 Å². The van der Waals surface area contributed by atoms with Crippen molar-refractivity contribution in [2.45, 2.75) is 26.3 Å². The van der Waals surface area contributed by atoms with E-state index < -0.39 is 6.04 Å². The average molecular weight is 302 g/mol. The Balaban J connectivity index is 1.84. The number of methoxy groups -OCH3 is 1. The zero-order valence-electron chi connectivity index (χ0n) is 12.8. The van der Waals surface area contributed by atoms with Gasteiger partial charge in [0.1, 0.15) is 0 Å². The molecule has 4 aliphatic rings. The van der Waals surface area contributed by atoms with E-state index in [2.05, 4.69) is 5.32 Å². The van der Waals surface area contributed by atoms with Crippen LogP contribution in [0.15, 0.2) is 23.0 Å². The molecule has 1 saturated carbocycles. The highest BCUT2D eigenvalue weighted by molar-refractivity contribution is 6.02. The number of nitrogens with one attached hydrogen (secondary N) is 1. The van der Waals surface area contributed by atoms with Crippen LogP contribution in [0.5, 0.6) is 0 Å². The lowest BCUT2D eigenvalue weighted by Gasteiger charge is -2.35. The molecule has 2 heterocycles. The number of carbonyl (C=O) groups excluding carboxylic acids is 3. The van der Waals surface area contributed by atoms with Gasteiger partial charge in [0.2, 0.25) is 5.91 Å². The number of piperidine rings is 1. The number of esters is 1. The van der Waals surface area contributed by atoms with Crippen LogP contribution in [0.1, 0.15) is 20.3 Å². The van der Waals surface area contributed by atoms with Gasteiger partial charge in [0.05, 0.1) is 18.7 Å². The number of ether oxygens (including phenoxy) is 1. The fourth-order valence-electron chi connectivity index (χ4n) is 4.71. The first-order valence-corrected chi connectivity index (χ1v) is 7.51. The Morgan fingerprint density at radius 2 is 2.18 bits per heavy atom. The molecule has 4 atom stereocenters. The summed E-state index contributed by atoms with van der Waals surface area (Å²) >= 11 is 0. The predicted octanol–water partition coefficient (Wildman–Crippen LogP) is 0.356. The first kappa shape index (κ1) is 13.5. The second-order valence-electron chi connectivity index (χ2n) is 6.63. The Morgan fingerprint density at radius 1 is 1.45 bits per heavy atom. The predicted molar refractivity (Wildman–Crippen MR) is 76.1 cm³/mol.